The Morgan fingerprint density at radius 3 is 3.05 bits per heavy atom. The molecular formula is C16H21BrN2. The Morgan fingerprint density at radius 2 is 2.26 bits per heavy atom. The van der Waals surface area contributed by atoms with Crippen molar-refractivity contribution in [3.63, 3.8) is 0 Å². The van der Waals surface area contributed by atoms with Crippen LogP contribution in [0.25, 0.3) is 10.9 Å². The van der Waals surface area contributed by atoms with Crippen LogP contribution in [0.3, 0.4) is 0 Å². The number of hydrogen-bond donors (Lipinski definition) is 2. The molecule has 1 atom stereocenters. The third kappa shape index (κ3) is 2.34. The van der Waals surface area contributed by atoms with Crippen LogP contribution >= 0.6 is 15.9 Å². The number of rotatable bonds is 3. The second kappa shape index (κ2) is 5.29. The monoisotopic (exact) mass is 320 g/mol. The van der Waals surface area contributed by atoms with Gasteiger partial charge in [-0.3, -0.25) is 0 Å². The fourth-order valence-corrected chi connectivity index (χ4v) is 3.79. The van der Waals surface area contributed by atoms with Gasteiger partial charge in [-0.25, -0.2) is 0 Å². The summed E-state index contributed by atoms with van der Waals surface area (Å²) < 4.78 is 1.18. The first-order valence-electron chi connectivity index (χ1n) is 7.24. The summed E-state index contributed by atoms with van der Waals surface area (Å²) in [6.07, 6.45) is 4.93. The predicted molar refractivity (Wildman–Crippen MR) is 84.7 cm³/mol. The van der Waals surface area contributed by atoms with Crippen molar-refractivity contribution in [2.75, 3.05) is 6.54 Å². The summed E-state index contributed by atoms with van der Waals surface area (Å²) in [4.78, 5) is 3.69. The summed E-state index contributed by atoms with van der Waals surface area (Å²) in [7, 11) is 0. The Balaban J connectivity index is 2.10. The van der Waals surface area contributed by atoms with Gasteiger partial charge in [0, 0.05) is 27.1 Å². The smallest absolute Gasteiger partial charge is 0.0489 e. The maximum Gasteiger partial charge on any atom is 0.0489 e. The number of fused-ring (bicyclic) bond motifs is 3. The predicted octanol–water partition coefficient (Wildman–Crippen LogP) is 4.62. The van der Waals surface area contributed by atoms with Crippen molar-refractivity contribution in [2.24, 2.45) is 0 Å². The lowest BCUT2D eigenvalue weighted by atomic mass is 9.91. The van der Waals surface area contributed by atoms with E-state index >= 15 is 0 Å². The zero-order chi connectivity index (χ0) is 13.4. The molecule has 2 N–H and O–H groups in total. The van der Waals surface area contributed by atoms with Gasteiger partial charge in [0.25, 0.3) is 0 Å². The molecule has 0 saturated carbocycles. The number of H-pyrrole nitrogens is 1. The normalized spacial score (nSPS) is 18.8. The van der Waals surface area contributed by atoms with Gasteiger partial charge in [0.2, 0.25) is 0 Å². The molecule has 1 aliphatic rings. The number of aromatic amines is 1. The SMILES string of the molecule is CCCNC1CCCc2c1[nH]c1c(C)cc(Br)cc21. The number of hydrogen-bond acceptors (Lipinski definition) is 1. The molecule has 0 bridgehead atoms. The van der Waals surface area contributed by atoms with Gasteiger partial charge in [-0.15, -0.1) is 0 Å². The van der Waals surface area contributed by atoms with Crippen LogP contribution in [0.5, 0.6) is 0 Å². The van der Waals surface area contributed by atoms with Gasteiger partial charge in [-0.2, -0.15) is 0 Å². The zero-order valence-electron chi connectivity index (χ0n) is 11.6. The Kier molecular flexibility index (Phi) is 3.68. The van der Waals surface area contributed by atoms with Crippen molar-refractivity contribution in [3.05, 3.63) is 33.4 Å². The van der Waals surface area contributed by atoms with Gasteiger partial charge in [0.1, 0.15) is 0 Å². The minimum Gasteiger partial charge on any atom is -0.357 e. The van der Waals surface area contributed by atoms with E-state index < -0.39 is 0 Å². The maximum atomic E-state index is 3.69. The van der Waals surface area contributed by atoms with E-state index in [0.717, 1.165) is 6.54 Å². The second-order valence-electron chi connectivity index (χ2n) is 5.56. The van der Waals surface area contributed by atoms with Gasteiger partial charge in [-0.05, 0) is 62.4 Å². The average molecular weight is 321 g/mol. The second-order valence-corrected chi connectivity index (χ2v) is 6.48. The van der Waals surface area contributed by atoms with Gasteiger partial charge in [0.05, 0.1) is 0 Å². The van der Waals surface area contributed by atoms with Gasteiger partial charge in [-0.1, -0.05) is 22.9 Å². The van der Waals surface area contributed by atoms with Crippen molar-refractivity contribution in [1.29, 1.82) is 0 Å². The molecular weight excluding hydrogens is 300 g/mol. The summed E-state index contributed by atoms with van der Waals surface area (Å²) in [5.74, 6) is 0. The summed E-state index contributed by atoms with van der Waals surface area (Å²) in [5.41, 5.74) is 5.60. The van der Waals surface area contributed by atoms with Crippen LogP contribution in [0.4, 0.5) is 0 Å². The first kappa shape index (κ1) is 13.2. The van der Waals surface area contributed by atoms with E-state index in [9.17, 15) is 0 Å². The van der Waals surface area contributed by atoms with E-state index in [2.05, 4.69) is 52.2 Å². The van der Waals surface area contributed by atoms with Crippen LogP contribution in [0.15, 0.2) is 16.6 Å². The molecule has 19 heavy (non-hydrogen) atoms. The zero-order valence-corrected chi connectivity index (χ0v) is 13.2. The van der Waals surface area contributed by atoms with E-state index in [1.165, 1.54) is 57.9 Å². The summed E-state index contributed by atoms with van der Waals surface area (Å²) in [5, 5.41) is 5.09. The number of benzene rings is 1. The minimum absolute atomic E-state index is 0.509. The molecule has 0 fully saturated rings. The largest absolute Gasteiger partial charge is 0.357 e. The Labute approximate surface area is 123 Å². The first-order valence-corrected chi connectivity index (χ1v) is 8.04. The Bertz CT molecular complexity index is 600. The molecule has 0 spiro atoms. The molecule has 3 heteroatoms. The molecule has 0 radical (unpaired) electrons. The molecule has 1 unspecified atom stereocenters. The number of aryl methyl sites for hydroxylation is 2. The number of aromatic nitrogens is 1. The third-order valence-corrected chi connectivity index (χ3v) is 4.58. The van der Waals surface area contributed by atoms with Crippen molar-refractivity contribution < 1.29 is 0 Å². The van der Waals surface area contributed by atoms with Crippen LogP contribution in [0, 0.1) is 6.92 Å². The molecule has 0 amide bonds. The molecule has 0 saturated heterocycles. The van der Waals surface area contributed by atoms with E-state index in [1.54, 1.807) is 0 Å². The van der Waals surface area contributed by atoms with E-state index in [0.29, 0.717) is 6.04 Å². The standard InChI is InChI=1S/C16H21BrN2/c1-3-7-18-14-6-4-5-12-13-9-11(17)8-10(2)15(13)19-16(12)14/h8-9,14,18-19H,3-7H2,1-2H3. The van der Waals surface area contributed by atoms with Gasteiger partial charge < -0.3 is 10.3 Å². The molecule has 0 aliphatic heterocycles. The summed E-state index contributed by atoms with van der Waals surface area (Å²) in [6.45, 7) is 5.51. The molecule has 3 rings (SSSR count). The highest BCUT2D eigenvalue weighted by molar-refractivity contribution is 9.10. The van der Waals surface area contributed by atoms with E-state index in [-0.39, 0.29) is 0 Å². The van der Waals surface area contributed by atoms with E-state index in [1.807, 2.05) is 0 Å². The van der Waals surface area contributed by atoms with Gasteiger partial charge in [0.15, 0.2) is 0 Å². The molecule has 1 aliphatic carbocycles. The highest BCUT2D eigenvalue weighted by Crippen LogP contribution is 2.37. The molecule has 1 aromatic carbocycles. The number of nitrogens with one attached hydrogen (secondary N) is 2. The van der Waals surface area contributed by atoms with Crippen molar-refractivity contribution >= 4 is 26.8 Å². The molecule has 2 nitrogen and oxygen atoms in total. The maximum absolute atomic E-state index is 3.69. The lowest BCUT2D eigenvalue weighted by Crippen LogP contribution is -2.25. The first-order chi connectivity index (χ1) is 9.20. The van der Waals surface area contributed by atoms with Crippen LogP contribution in [-0.4, -0.2) is 11.5 Å². The third-order valence-electron chi connectivity index (χ3n) is 4.12. The lowest BCUT2D eigenvalue weighted by molar-refractivity contribution is 0.454. The molecule has 102 valence electrons. The fourth-order valence-electron chi connectivity index (χ4n) is 3.22. The van der Waals surface area contributed by atoms with Crippen LogP contribution in [0.2, 0.25) is 0 Å². The van der Waals surface area contributed by atoms with Crippen LogP contribution in [-0.2, 0) is 6.42 Å². The quantitative estimate of drug-likeness (QED) is 0.848. The fraction of sp³-hybridized carbons (Fsp3) is 0.500. The van der Waals surface area contributed by atoms with Crippen LogP contribution < -0.4 is 5.32 Å². The summed E-state index contributed by atoms with van der Waals surface area (Å²) in [6, 6.07) is 4.97. The molecule has 2 aromatic rings. The number of halogens is 1. The highest BCUT2D eigenvalue weighted by atomic mass is 79.9. The Morgan fingerprint density at radius 1 is 1.42 bits per heavy atom. The van der Waals surface area contributed by atoms with E-state index in [4.69, 9.17) is 0 Å². The van der Waals surface area contributed by atoms with Crippen molar-refractivity contribution in [1.82, 2.24) is 10.3 Å². The minimum atomic E-state index is 0.509. The molecule has 1 heterocycles. The molecule has 1 aromatic heterocycles. The topological polar surface area (TPSA) is 27.8 Å². The Hall–Kier alpha value is -0.800. The van der Waals surface area contributed by atoms with Crippen molar-refractivity contribution in [2.45, 2.75) is 45.6 Å². The average Bonchev–Trinajstić information content (AvgIpc) is 2.76. The van der Waals surface area contributed by atoms with Crippen molar-refractivity contribution in [3.8, 4) is 0 Å². The highest BCUT2D eigenvalue weighted by Gasteiger charge is 2.24. The lowest BCUT2D eigenvalue weighted by Gasteiger charge is -2.23. The van der Waals surface area contributed by atoms with Gasteiger partial charge >= 0.3 is 0 Å². The summed E-state index contributed by atoms with van der Waals surface area (Å²) >= 11 is 3.62. The van der Waals surface area contributed by atoms with Crippen LogP contribution in [0.1, 0.15) is 49.0 Å².